The number of amides is 1. The van der Waals surface area contributed by atoms with Crippen LogP contribution in [-0.4, -0.2) is 20.4 Å². The van der Waals surface area contributed by atoms with Crippen molar-refractivity contribution in [3.8, 4) is 5.75 Å². The van der Waals surface area contributed by atoms with E-state index in [1.807, 2.05) is 45.0 Å². The van der Waals surface area contributed by atoms with Gasteiger partial charge in [-0.25, -0.2) is 8.42 Å². The number of sulfonamides is 1. The molecule has 1 amide bonds. The largest absolute Gasteiger partial charge is 0.491 e. The number of aryl methyl sites for hydroxylation is 1. The number of benzene rings is 3. The average molecular weight is 439 g/mol. The fourth-order valence-corrected chi connectivity index (χ4v) is 3.99. The Bertz CT molecular complexity index is 1160. The molecule has 3 aromatic rings. The van der Waals surface area contributed by atoms with Crippen molar-refractivity contribution >= 4 is 21.6 Å². The number of nitrogens with one attached hydrogen (secondary N) is 2. The minimum atomic E-state index is -3.74. The van der Waals surface area contributed by atoms with E-state index in [0.29, 0.717) is 17.8 Å². The predicted molar refractivity (Wildman–Crippen MR) is 122 cm³/mol. The van der Waals surface area contributed by atoms with Crippen molar-refractivity contribution in [1.29, 1.82) is 0 Å². The summed E-state index contributed by atoms with van der Waals surface area (Å²) in [6.45, 7) is 6.12. The van der Waals surface area contributed by atoms with E-state index in [1.165, 1.54) is 6.07 Å². The zero-order valence-electron chi connectivity index (χ0n) is 17.8. The number of rotatable bonds is 8. The van der Waals surface area contributed by atoms with Crippen LogP contribution in [0.2, 0.25) is 0 Å². The maximum atomic E-state index is 12.6. The van der Waals surface area contributed by atoms with Crippen LogP contribution in [0.4, 0.5) is 5.69 Å². The molecule has 0 unspecified atom stereocenters. The SMILES string of the molecule is Cc1ccc(S(=O)(=O)Nc2cccc(C(=O)NCc3cccc(OC(C)C)c3)c2)cc1. The van der Waals surface area contributed by atoms with Crippen molar-refractivity contribution in [2.75, 3.05) is 4.72 Å². The van der Waals surface area contributed by atoms with Crippen LogP contribution in [0.5, 0.6) is 5.75 Å². The average Bonchev–Trinajstić information content (AvgIpc) is 2.72. The summed E-state index contributed by atoms with van der Waals surface area (Å²) in [6, 6.07) is 20.5. The Morgan fingerprint density at radius 3 is 2.39 bits per heavy atom. The predicted octanol–water partition coefficient (Wildman–Crippen LogP) is 4.51. The van der Waals surface area contributed by atoms with Gasteiger partial charge in [-0.1, -0.05) is 35.9 Å². The molecule has 0 radical (unpaired) electrons. The van der Waals surface area contributed by atoms with Gasteiger partial charge < -0.3 is 10.1 Å². The lowest BCUT2D eigenvalue weighted by Crippen LogP contribution is -2.23. The van der Waals surface area contributed by atoms with Gasteiger partial charge in [0.15, 0.2) is 0 Å². The number of carbonyl (C=O) groups excluding carboxylic acids is 1. The first-order valence-electron chi connectivity index (χ1n) is 9.96. The molecule has 0 atom stereocenters. The van der Waals surface area contributed by atoms with Gasteiger partial charge in [-0.15, -0.1) is 0 Å². The minimum absolute atomic E-state index is 0.0660. The lowest BCUT2D eigenvalue weighted by Gasteiger charge is -2.12. The zero-order valence-corrected chi connectivity index (χ0v) is 18.6. The molecule has 0 aliphatic carbocycles. The van der Waals surface area contributed by atoms with Gasteiger partial charge in [0, 0.05) is 17.8 Å². The smallest absolute Gasteiger partial charge is 0.261 e. The summed E-state index contributed by atoms with van der Waals surface area (Å²) in [7, 11) is -3.74. The Morgan fingerprint density at radius 1 is 0.968 bits per heavy atom. The molecule has 7 heteroatoms. The van der Waals surface area contributed by atoms with Gasteiger partial charge in [-0.05, 0) is 68.8 Å². The van der Waals surface area contributed by atoms with Crippen molar-refractivity contribution in [3.63, 3.8) is 0 Å². The molecular formula is C24H26N2O4S. The van der Waals surface area contributed by atoms with Crippen LogP contribution in [0, 0.1) is 6.92 Å². The summed E-state index contributed by atoms with van der Waals surface area (Å²) in [5, 5.41) is 2.85. The fraction of sp³-hybridized carbons (Fsp3) is 0.208. The Balaban J connectivity index is 1.67. The Kier molecular flexibility index (Phi) is 6.97. The number of carbonyl (C=O) groups is 1. The van der Waals surface area contributed by atoms with Crippen LogP contribution in [-0.2, 0) is 16.6 Å². The van der Waals surface area contributed by atoms with Crippen molar-refractivity contribution < 1.29 is 17.9 Å². The molecule has 3 rings (SSSR count). The molecule has 0 saturated heterocycles. The minimum Gasteiger partial charge on any atom is -0.491 e. The van der Waals surface area contributed by atoms with Crippen LogP contribution in [0.15, 0.2) is 77.7 Å². The Hall–Kier alpha value is -3.32. The van der Waals surface area contributed by atoms with Gasteiger partial charge in [0.25, 0.3) is 15.9 Å². The number of hydrogen-bond acceptors (Lipinski definition) is 4. The maximum absolute atomic E-state index is 12.6. The number of ether oxygens (including phenoxy) is 1. The summed E-state index contributed by atoms with van der Waals surface area (Å²) in [4.78, 5) is 12.7. The molecule has 0 spiro atoms. The van der Waals surface area contributed by atoms with E-state index in [9.17, 15) is 13.2 Å². The van der Waals surface area contributed by atoms with Gasteiger partial charge >= 0.3 is 0 Å². The van der Waals surface area contributed by atoms with Gasteiger partial charge in [0.1, 0.15) is 5.75 Å². The first-order valence-corrected chi connectivity index (χ1v) is 11.4. The molecule has 0 aliphatic rings. The van der Waals surface area contributed by atoms with Crippen molar-refractivity contribution in [3.05, 3.63) is 89.5 Å². The van der Waals surface area contributed by atoms with Gasteiger partial charge in [-0.3, -0.25) is 9.52 Å². The topological polar surface area (TPSA) is 84.5 Å². The second-order valence-corrected chi connectivity index (χ2v) is 9.18. The number of hydrogen-bond donors (Lipinski definition) is 2. The molecular weight excluding hydrogens is 412 g/mol. The molecule has 162 valence electrons. The molecule has 6 nitrogen and oxygen atoms in total. The van der Waals surface area contributed by atoms with E-state index < -0.39 is 10.0 Å². The summed E-state index contributed by atoms with van der Waals surface area (Å²) in [5.41, 5.74) is 2.56. The Labute approximate surface area is 183 Å². The Morgan fingerprint density at radius 2 is 1.68 bits per heavy atom. The zero-order chi connectivity index (χ0) is 22.4. The van der Waals surface area contributed by atoms with E-state index in [4.69, 9.17) is 4.74 Å². The standard InChI is InChI=1S/C24H26N2O4S/c1-17(2)30-22-9-4-6-19(14-22)16-25-24(27)20-7-5-8-21(15-20)26-31(28,29)23-12-10-18(3)11-13-23/h4-15,17,26H,16H2,1-3H3,(H,25,27). The third-order valence-electron chi connectivity index (χ3n) is 4.43. The summed E-state index contributed by atoms with van der Waals surface area (Å²) in [6.07, 6.45) is 0.0660. The lowest BCUT2D eigenvalue weighted by molar-refractivity contribution is 0.0951. The van der Waals surface area contributed by atoms with Gasteiger partial charge in [0.05, 0.1) is 11.0 Å². The number of anilines is 1. The normalized spacial score (nSPS) is 11.2. The van der Waals surface area contributed by atoms with Crippen molar-refractivity contribution in [2.45, 2.75) is 38.3 Å². The molecule has 0 aliphatic heterocycles. The highest BCUT2D eigenvalue weighted by atomic mass is 32.2. The molecule has 0 fully saturated rings. The van der Waals surface area contributed by atoms with Crippen LogP contribution in [0.25, 0.3) is 0 Å². The first-order chi connectivity index (χ1) is 14.7. The van der Waals surface area contributed by atoms with Gasteiger partial charge in [0.2, 0.25) is 0 Å². The third-order valence-corrected chi connectivity index (χ3v) is 5.83. The second-order valence-electron chi connectivity index (χ2n) is 7.50. The summed E-state index contributed by atoms with van der Waals surface area (Å²) >= 11 is 0. The van der Waals surface area contributed by atoms with E-state index in [-0.39, 0.29) is 16.9 Å². The lowest BCUT2D eigenvalue weighted by atomic mass is 10.1. The highest BCUT2D eigenvalue weighted by Gasteiger charge is 2.15. The van der Waals surface area contributed by atoms with E-state index in [2.05, 4.69) is 10.0 Å². The maximum Gasteiger partial charge on any atom is 0.261 e. The monoisotopic (exact) mass is 438 g/mol. The molecule has 0 bridgehead atoms. The first kappa shape index (κ1) is 22.4. The molecule has 31 heavy (non-hydrogen) atoms. The summed E-state index contributed by atoms with van der Waals surface area (Å²) in [5.74, 6) is 0.445. The second kappa shape index (κ2) is 9.66. The van der Waals surface area contributed by atoms with Crippen molar-refractivity contribution in [2.24, 2.45) is 0 Å². The molecule has 2 N–H and O–H groups in total. The van der Waals surface area contributed by atoms with E-state index >= 15 is 0 Å². The van der Waals surface area contributed by atoms with Gasteiger partial charge in [-0.2, -0.15) is 0 Å². The van der Waals surface area contributed by atoms with Crippen LogP contribution in [0.3, 0.4) is 0 Å². The highest BCUT2D eigenvalue weighted by molar-refractivity contribution is 7.92. The third kappa shape index (κ3) is 6.33. The van der Waals surface area contributed by atoms with Crippen LogP contribution < -0.4 is 14.8 Å². The van der Waals surface area contributed by atoms with E-state index in [0.717, 1.165) is 16.9 Å². The molecule has 3 aromatic carbocycles. The van der Waals surface area contributed by atoms with Crippen LogP contribution in [0.1, 0.15) is 35.3 Å². The highest BCUT2D eigenvalue weighted by Crippen LogP contribution is 2.18. The van der Waals surface area contributed by atoms with Crippen LogP contribution >= 0.6 is 0 Å². The fourth-order valence-electron chi connectivity index (χ4n) is 2.94. The molecule has 0 heterocycles. The van der Waals surface area contributed by atoms with Crippen molar-refractivity contribution in [1.82, 2.24) is 5.32 Å². The van der Waals surface area contributed by atoms with E-state index in [1.54, 1.807) is 42.5 Å². The molecule has 0 aromatic heterocycles. The molecule has 0 saturated carbocycles. The summed E-state index contributed by atoms with van der Waals surface area (Å²) < 4.78 is 33.4. The quantitative estimate of drug-likeness (QED) is 0.542.